The van der Waals surface area contributed by atoms with Crippen LogP contribution in [-0.4, -0.2) is 24.2 Å². The second-order valence-electron chi connectivity index (χ2n) is 3.91. The number of hydrogen-bond donors (Lipinski definition) is 1. The van der Waals surface area contributed by atoms with E-state index in [1.807, 2.05) is 0 Å². The summed E-state index contributed by atoms with van der Waals surface area (Å²) in [5.41, 5.74) is 6.78. The van der Waals surface area contributed by atoms with Crippen LogP contribution in [0.3, 0.4) is 0 Å². The lowest BCUT2D eigenvalue weighted by Gasteiger charge is -2.14. The molecule has 0 aliphatic rings. The predicted octanol–water partition coefficient (Wildman–Crippen LogP) is 2.07. The van der Waals surface area contributed by atoms with Crippen LogP contribution in [0.25, 0.3) is 0 Å². The molecule has 0 radical (unpaired) electrons. The first kappa shape index (κ1) is 13.7. The molecule has 17 heavy (non-hydrogen) atoms. The highest BCUT2D eigenvalue weighted by Crippen LogP contribution is 2.24. The number of methoxy groups -OCH3 is 2. The Hall–Kier alpha value is -1.36. The van der Waals surface area contributed by atoms with E-state index < -0.39 is 0 Å². The van der Waals surface area contributed by atoms with E-state index in [2.05, 4.69) is 16.9 Å². The van der Waals surface area contributed by atoms with E-state index in [0.29, 0.717) is 17.5 Å². The number of aromatic nitrogens is 2. The molecule has 5 nitrogen and oxygen atoms in total. The van der Waals surface area contributed by atoms with Crippen molar-refractivity contribution >= 4 is 0 Å². The summed E-state index contributed by atoms with van der Waals surface area (Å²) in [4.78, 5) is 8.43. The number of nitrogens with two attached hydrogens (primary N) is 1. The zero-order chi connectivity index (χ0) is 12.7. The van der Waals surface area contributed by atoms with Crippen LogP contribution in [0.2, 0.25) is 0 Å². The van der Waals surface area contributed by atoms with Crippen LogP contribution in [0.15, 0.2) is 6.20 Å². The predicted molar refractivity (Wildman–Crippen MR) is 66.2 cm³/mol. The summed E-state index contributed by atoms with van der Waals surface area (Å²) in [7, 11) is 3.11. The second-order valence-corrected chi connectivity index (χ2v) is 3.91. The van der Waals surface area contributed by atoms with Gasteiger partial charge in [0.25, 0.3) is 0 Å². The number of rotatable bonds is 7. The Bertz CT molecular complexity index is 345. The summed E-state index contributed by atoms with van der Waals surface area (Å²) in [5, 5.41) is 0. The monoisotopic (exact) mass is 239 g/mol. The maximum atomic E-state index is 6.08. The zero-order valence-corrected chi connectivity index (χ0v) is 10.8. The molecule has 96 valence electrons. The Balaban J connectivity index is 2.74. The number of nitrogens with zero attached hydrogens (tertiary/aromatic N) is 2. The van der Waals surface area contributed by atoms with E-state index in [-0.39, 0.29) is 6.04 Å². The maximum Gasteiger partial charge on any atom is 0.240 e. The lowest BCUT2D eigenvalue weighted by molar-refractivity contribution is 0.352. The van der Waals surface area contributed by atoms with Gasteiger partial charge in [0.1, 0.15) is 5.69 Å². The van der Waals surface area contributed by atoms with Crippen molar-refractivity contribution in [3.8, 4) is 11.8 Å². The Morgan fingerprint density at radius 1 is 1.29 bits per heavy atom. The Kier molecular flexibility index (Phi) is 5.69. The van der Waals surface area contributed by atoms with Crippen molar-refractivity contribution in [1.82, 2.24) is 9.97 Å². The molecule has 0 amide bonds. The molecule has 1 aromatic rings. The fourth-order valence-electron chi connectivity index (χ4n) is 1.62. The maximum absolute atomic E-state index is 6.08. The molecule has 1 heterocycles. The fourth-order valence-corrected chi connectivity index (χ4v) is 1.62. The third-order valence-corrected chi connectivity index (χ3v) is 2.62. The Labute approximate surface area is 102 Å². The van der Waals surface area contributed by atoms with Gasteiger partial charge in [-0.15, -0.1) is 0 Å². The molecule has 2 N–H and O–H groups in total. The van der Waals surface area contributed by atoms with Crippen LogP contribution >= 0.6 is 0 Å². The number of hydrogen-bond acceptors (Lipinski definition) is 5. The molecule has 0 aliphatic heterocycles. The minimum atomic E-state index is -0.130. The molecule has 0 saturated heterocycles. The molecule has 0 aromatic carbocycles. The average Bonchev–Trinajstić information content (AvgIpc) is 2.38. The van der Waals surface area contributed by atoms with Gasteiger partial charge in [-0.1, -0.05) is 26.2 Å². The van der Waals surface area contributed by atoms with Crippen LogP contribution in [0.1, 0.15) is 44.3 Å². The molecule has 0 saturated carbocycles. The molecule has 5 heteroatoms. The molecular formula is C12H21N3O2. The minimum Gasteiger partial charge on any atom is -0.480 e. The largest absolute Gasteiger partial charge is 0.480 e. The van der Waals surface area contributed by atoms with Gasteiger partial charge < -0.3 is 15.2 Å². The number of ether oxygens (including phenoxy) is 2. The minimum absolute atomic E-state index is 0.130. The van der Waals surface area contributed by atoms with Crippen molar-refractivity contribution in [2.75, 3.05) is 14.2 Å². The normalized spacial score (nSPS) is 12.2. The lowest BCUT2D eigenvalue weighted by Crippen LogP contribution is -2.14. The van der Waals surface area contributed by atoms with Gasteiger partial charge in [-0.2, -0.15) is 4.98 Å². The van der Waals surface area contributed by atoms with Gasteiger partial charge in [0.05, 0.1) is 26.5 Å². The van der Waals surface area contributed by atoms with Gasteiger partial charge >= 0.3 is 0 Å². The van der Waals surface area contributed by atoms with Crippen LogP contribution in [0.5, 0.6) is 11.8 Å². The van der Waals surface area contributed by atoms with Gasteiger partial charge in [-0.25, -0.2) is 4.98 Å². The first-order chi connectivity index (χ1) is 8.22. The Morgan fingerprint density at radius 3 is 2.65 bits per heavy atom. The number of unbranched alkanes of at least 4 members (excludes halogenated alkanes) is 2. The zero-order valence-electron chi connectivity index (χ0n) is 10.8. The summed E-state index contributed by atoms with van der Waals surface area (Å²) in [6.45, 7) is 2.17. The van der Waals surface area contributed by atoms with Crippen molar-refractivity contribution in [2.45, 2.75) is 38.6 Å². The SMILES string of the molecule is CCCCCC(N)c1ncc(OC)nc1OC. The standard InChI is InChI=1S/C12H21N3O2/c1-4-5-6-7-9(13)11-12(17-3)15-10(16-2)8-14-11/h8-9H,4-7,13H2,1-3H3. The summed E-state index contributed by atoms with van der Waals surface area (Å²) in [6, 6.07) is -0.130. The molecule has 1 rings (SSSR count). The van der Waals surface area contributed by atoms with E-state index in [1.54, 1.807) is 20.4 Å². The first-order valence-corrected chi connectivity index (χ1v) is 5.93. The van der Waals surface area contributed by atoms with Gasteiger partial charge in [-0.3, -0.25) is 0 Å². The molecule has 1 unspecified atom stereocenters. The third kappa shape index (κ3) is 3.85. The van der Waals surface area contributed by atoms with E-state index in [1.165, 1.54) is 12.8 Å². The van der Waals surface area contributed by atoms with Crippen molar-refractivity contribution in [3.05, 3.63) is 11.9 Å². The summed E-state index contributed by atoms with van der Waals surface area (Å²) >= 11 is 0. The Morgan fingerprint density at radius 2 is 2.06 bits per heavy atom. The summed E-state index contributed by atoms with van der Waals surface area (Å²) in [6.07, 6.45) is 5.91. The van der Waals surface area contributed by atoms with Crippen molar-refractivity contribution in [3.63, 3.8) is 0 Å². The van der Waals surface area contributed by atoms with Gasteiger partial charge in [0.15, 0.2) is 0 Å². The quantitative estimate of drug-likeness (QED) is 0.738. The molecule has 0 spiro atoms. The second kappa shape index (κ2) is 7.06. The average molecular weight is 239 g/mol. The summed E-state index contributed by atoms with van der Waals surface area (Å²) in [5.74, 6) is 0.889. The van der Waals surface area contributed by atoms with Gasteiger partial charge in [0, 0.05) is 0 Å². The first-order valence-electron chi connectivity index (χ1n) is 5.93. The van der Waals surface area contributed by atoms with Crippen molar-refractivity contribution in [1.29, 1.82) is 0 Å². The van der Waals surface area contributed by atoms with Crippen molar-refractivity contribution in [2.24, 2.45) is 5.73 Å². The van der Waals surface area contributed by atoms with E-state index in [0.717, 1.165) is 12.8 Å². The van der Waals surface area contributed by atoms with Crippen LogP contribution in [-0.2, 0) is 0 Å². The van der Waals surface area contributed by atoms with E-state index in [4.69, 9.17) is 15.2 Å². The molecule has 0 aliphatic carbocycles. The van der Waals surface area contributed by atoms with E-state index >= 15 is 0 Å². The van der Waals surface area contributed by atoms with Crippen LogP contribution in [0, 0.1) is 0 Å². The van der Waals surface area contributed by atoms with E-state index in [9.17, 15) is 0 Å². The fraction of sp³-hybridized carbons (Fsp3) is 0.667. The highest BCUT2D eigenvalue weighted by Gasteiger charge is 2.15. The molecular weight excluding hydrogens is 218 g/mol. The van der Waals surface area contributed by atoms with Crippen LogP contribution in [0.4, 0.5) is 0 Å². The molecule has 0 fully saturated rings. The third-order valence-electron chi connectivity index (χ3n) is 2.62. The van der Waals surface area contributed by atoms with Gasteiger partial charge in [-0.05, 0) is 6.42 Å². The topological polar surface area (TPSA) is 70.3 Å². The molecule has 0 bridgehead atoms. The molecule has 1 atom stereocenters. The highest BCUT2D eigenvalue weighted by atomic mass is 16.5. The summed E-state index contributed by atoms with van der Waals surface area (Å²) < 4.78 is 10.2. The highest BCUT2D eigenvalue weighted by molar-refractivity contribution is 5.25. The lowest BCUT2D eigenvalue weighted by atomic mass is 10.1. The molecule has 1 aromatic heterocycles. The van der Waals surface area contributed by atoms with Crippen molar-refractivity contribution < 1.29 is 9.47 Å². The van der Waals surface area contributed by atoms with Gasteiger partial charge in [0.2, 0.25) is 11.8 Å². The smallest absolute Gasteiger partial charge is 0.240 e. The van der Waals surface area contributed by atoms with Crippen LogP contribution < -0.4 is 15.2 Å².